The summed E-state index contributed by atoms with van der Waals surface area (Å²) in [4.78, 5) is 0. The van der Waals surface area contributed by atoms with E-state index in [1.807, 2.05) is 24.3 Å². The lowest BCUT2D eigenvalue weighted by molar-refractivity contribution is 0.709. The predicted octanol–water partition coefficient (Wildman–Crippen LogP) is 0.270. The Morgan fingerprint density at radius 1 is 1.17 bits per heavy atom. The molecular formula is C9H15N3. The van der Waals surface area contributed by atoms with E-state index >= 15 is 0 Å². The molecule has 0 radical (unpaired) electrons. The minimum atomic E-state index is 0.230. The summed E-state index contributed by atoms with van der Waals surface area (Å²) in [6.07, 6.45) is 0. The summed E-state index contributed by atoms with van der Waals surface area (Å²) in [7, 11) is 0. The molecule has 0 atom stereocenters. The van der Waals surface area contributed by atoms with Gasteiger partial charge < -0.3 is 17.2 Å². The molecule has 12 heavy (non-hydrogen) atoms. The number of benzene rings is 1. The van der Waals surface area contributed by atoms with E-state index in [1.165, 1.54) is 0 Å². The molecule has 0 aromatic heterocycles. The zero-order valence-corrected chi connectivity index (χ0v) is 7.03. The Bertz CT molecular complexity index is 243. The molecular weight excluding hydrogens is 150 g/mol. The van der Waals surface area contributed by atoms with Gasteiger partial charge in [0.05, 0.1) is 0 Å². The molecule has 0 heterocycles. The van der Waals surface area contributed by atoms with Crippen molar-refractivity contribution in [2.24, 2.45) is 11.5 Å². The first-order valence-electron chi connectivity index (χ1n) is 4.03. The first-order valence-corrected chi connectivity index (χ1v) is 4.03. The van der Waals surface area contributed by atoms with Crippen LogP contribution < -0.4 is 17.2 Å². The van der Waals surface area contributed by atoms with Crippen LogP contribution in [0.1, 0.15) is 11.5 Å². The lowest BCUT2D eigenvalue weighted by Gasteiger charge is -2.12. The molecule has 1 rings (SSSR count). The van der Waals surface area contributed by atoms with Crippen molar-refractivity contribution in [2.75, 3.05) is 18.8 Å². The minimum absolute atomic E-state index is 0.230. The molecule has 6 N–H and O–H groups in total. The molecule has 3 nitrogen and oxygen atoms in total. The molecule has 0 bridgehead atoms. The fraction of sp³-hybridized carbons (Fsp3) is 0.333. The predicted molar refractivity (Wildman–Crippen MR) is 51.7 cm³/mol. The van der Waals surface area contributed by atoms with Crippen LogP contribution >= 0.6 is 0 Å². The molecule has 0 aliphatic carbocycles. The highest BCUT2D eigenvalue weighted by Gasteiger charge is 2.06. The van der Waals surface area contributed by atoms with Crippen molar-refractivity contribution in [1.29, 1.82) is 0 Å². The fourth-order valence-electron chi connectivity index (χ4n) is 1.18. The van der Waals surface area contributed by atoms with Gasteiger partial charge in [-0.15, -0.1) is 0 Å². The van der Waals surface area contributed by atoms with Crippen molar-refractivity contribution in [3.8, 4) is 0 Å². The molecule has 1 aromatic carbocycles. The average molecular weight is 165 g/mol. The first-order chi connectivity index (χ1) is 5.77. The molecule has 0 fully saturated rings. The van der Waals surface area contributed by atoms with Crippen LogP contribution in [0.2, 0.25) is 0 Å². The molecule has 3 heteroatoms. The van der Waals surface area contributed by atoms with E-state index in [4.69, 9.17) is 17.2 Å². The maximum atomic E-state index is 5.62. The molecule has 0 unspecified atom stereocenters. The Balaban J connectivity index is 2.85. The van der Waals surface area contributed by atoms with Crippen LogP contribution in [0.4, 0.5) is 5.69 Å². The van der Waals surface area contributed by atoms with Gasteiger partial charge >= 0.3 is 0 Å². The maximum absolute atomic E-state index is 5.62. The van der Waals surface area contributed by atoms with Crippen molar-refractivity contribution < 1.29 is 0 Å². The average Bonchev–Trinajstić information content (AvgIpc) is 2.07. The van der Waals surface area contributed by atoms with Crippen LogP contribution in [-0.4, -0.2) is 13.1 Å². The van der Waals surface area contributed by atoms with Gasteiger partial charge in [0.25, 0.3) is 0 Å². The van der Waals surface area contributed by atoms with E-state index in [1.54, 1.807) is 0 Å². The Labute approximate surface area is 72.5 Å². The molecule has 0 amide bonds. The number of nitrogen functional groups attached to an aromatic ring is 1. The van der Waals surface area contributed by atoms with Crippen LogP contribution in [-0.2, 0) is 0 Å². The van der Waals surface area contributed by atoms with Gasteiger partial charge in [-0.3, -0.25) is 0 Å². The fourth-order valence-corrected chi connectivity index (χ4v) is 1.18. The van der Waals surface area contributed by atoms with Gasteiger partial charge in [-0.2, -0.15) is 0 Å². The third-order valence-corrected chi connectivity index (χ3v) is 1.95. The van der Waals surface area contributed by atoms with Crippen LogP contribution in [0.3, 0.4) is 0 Å². The maximum Gasteiger partial charge on any atom is 0.0316 e. The molecule has 66 valence electrons. The number of nitrogens with two attached hydrogens (primary N) is 3. The Hall–Kier alpha value is -1.06. The number of hydrogen-bond acceptors (Lipinski definition) is 3. The summed E-state index contributed by atoms with van der Waals surface area (Å²) in [5.41, 5.74) is 18.6. The minimum Gasteiger partial charge on any atom is -0.399 e. The normalized spacial score (nSPS) is 10.6. The zero-order valence-electron chi connectivity index (χ0n) is 7.03. The summed E-state index contributed by atoms with van der Waals surface area (Å²) in [5, 5.41) is 0. The second kappa shape index (κ2) is 4.09. The lowest BCUT2D eigenvalue weighted by Crippen LogP contribution is -2.21. The standard InChI is InChI=1S/C9H15N3/c10-5-8(6-11)7-2-1-3-9(12)4-7/h1-4,8H,5-6,10-12H2. The van der Waals surface area contributed by atoms with Gasteiger partial charge in [0.1, 0.15) is 0 Å². The van der Waals surface area contributed by atoms with Crippen LogP contribution in [0.15, 0.2) is 24.3 Å². The van der Waals surface area contributed by atoms with E-state index in [2.05, 4.69) is 0 Å². The smallest absolute Gasteiger partial charge is 0.0316 e. The Morgan fingerprint density at radius 3 is 2.33 bits per heavy atom. The van der Waals surface area contributed by atoms with Gasteiger partial charge in [0.15, 0.2) is 0 Å². The third-order valence-electron chi connectivity index (χ3n) is 1.95. The van der Waals surface area contributed by atoms with Gasteiger partial charge in [0.2, 0.25) is 0 Å². The number of rotatable bonds is 3. The highest BCUT2D eigenvalue weighted by atomic mass is 14.6. The highest BCUT2D eigenvalue weighted by molar-refractivity contribution is 5.42. The summed E-state index contributed by atoms with van der Waals surface area (Å²) in [5.74, 6) is 0.230. The molecule has 0 aliphatic rings. The van der Waals surface area contributed by atoms with E-state index in [0.29, 0.717) is 13.1 Å². The largest absolute Gasteiger partial charge is 0.399 e. The molecule has 0 spiro atoms. The highest BCUT2D eigenvalue weighted by Crippen LogP contribution is 2.15. The third kappa shape index (κ3) is 1.96. The first kappa shape index (κ1) is 9.03. The summed E-state index contributed by atoms with van der Waals surface area (Å²) >= 11 is 0. The zero-order chi connectivity index (χ0) is 8.97. The summed E-state index contributed by atoms with van der Waals surface area (Å²) in [6, 6.07) is 7.70. The van der Waals surface area contributed by atoms with E-state index in [0.717, 1.165) is 11.3 Å². The quantitative estimate of drug-likeness (QED) is 0.562. The van der Waals surface area contributed by atoms with Crippen molar-refractivity contribution in [3.05, 3.63) is 29.8 Å². The van der Waals surface area contributed by atoms with Crippen LogP contribution in [0.5, 0.6) is 0 Å². The molecule has 0 saturated carbocycles. The second-order valence-corrected chi connectivity index (χ2v) is 2.84. The van der Waals surface area contributed by atoms with E-state index in [-0.39, 0.29) is 5.92 Å². The van der Waals surface area contributed by atoms with E-state index in [9.17, 15) is 0 Å². The topological polar surface area (TPSA) is 78.1 Å². The number of hydrogen-bond donors (Lipinski definition) is 3. The van der Waals surface area contributed by atoms with E-state index < -0.39 is 0 Å². The van der Waals surface area contributed by atoms with Crippen molar-refractivity contribution in [3.63, 3.8) is 0 Å². The SMILES string of the molecule is NCC(CN)c1cccc(N)c1. The number of anilines is 1. The Morgan fingerprint density at radius 2 is 1.83 bits per heavy atom. The second-order valence-electron chi connectivity index (χ2n) is 2.84. The van der Waals surface area contributed by atoms with Crippen LogP contribution in [0, 0.1) is 0 Å². The molecule has 0 aliphatic heterocycles. The summed E-state index contributed by atoms with van der Waals surface area (Å²) < 4.78 is 0. The lowest BCUT2D eigenvalue weighted by atomic mass is 9.99. The van der Waals surface area contributed by atoms with Gasteiger partial charge in [-0.25, -0.2) is 0 Å². The van der Waals surface area contributed by atoms with Gasteiger partial charge in [-0.1, -0.05) is 12.1 Å². The van der Waals surface area contributed by atoms with Crippen LogP contribution in [0.25, 0.3) is 0 Å². The van der Waals surface area contributed by atoms with Crippen molar-refractivity contribution in [2.45, 2.75) is 5.92 Å². The molecule has 1 aromatic rings. The summed E-state index contributed by atoms with van der Waals surface area (Å²) in [6.45, 7) is 1.14. The van der Waals surface area contributed by atoms with Crippen molar-refractivity contribution in [1.82, 2.24) is 0 Å². The molecule has 0 saturated heterocycles. The Kier molecular flexibility index (Phi) is 3.08. The van der Waals surface area contributed by atoms with Crippen molar-refractivity contribution >= 4 is 5.69 Å². The monoisotopic (exact) mass is 165 g/mol. The van der Waals surface area contributed by atoms with Gasteiger partial charge in [0, 0.05) is 24.7 Å². The van der Waals surface area contributed by atoms with Gasteiger partial charge in [-0.05, 0) is 17.7 Å².